The smallest absolute Gasteiger partial charge is 0.208 e. The zero-order chi connectivity index (χ0) is 11.6. The number of phenolic OH excluding ortho intramolecular Hbond substituents is 1. The first-order valence-electron chi connectivity index (χ1n) is 4.46. The molecule has 0 saturated carbocycles. The second-order valence-electron chi connectivity index (χ2n) is 3.39. The van der Waals surface area contributed by atoms with Crippen molar-refractivity contribution >= 4 is 15.9 Å². The van der Waals surface area contributed by atoms with Gasteiger partial charge >= 0.3 is 0 Å². The molecule has 0 radical (unpaired) electrons. The largest absolute Gasteiger partial charge is 0.504 e. The number of aromatic hydroxyl groups is 1. The maximum absolute atomic E-state index is 13.5. The number of rotatable bonds is 3. The number of hydrogen-bond donors (Lipinski definition) is 2. The molecule has 1 atom stereocenters. The lowest BCUT2D eigenvalue weighted by Crippen LogP contribution is -2.18. The van der Waals surface area contributed by atoms with Crippen LogP contribution in [0.15, 0.2) is 10.5 Å². The molecule has 15 heavy (non-hydrogen) atoms. The van der Waals surface area contributed by atoms with E-state index in [0.717, 1.165) is 0 Å². The summed E-state index contributed by atoms with van der Waals surface area (Å²) in [6, 6.07) is 1.51. The predicted molar refractivity (Wildman–Crippen MR) is 59.7 cm³/mol. The maximum Gasteiger partial charge on any atom is 0.208 e. The van der Waals surface area contributed by atoms with Crippen LogP contribution in [0.5, 0.6) is 11.5 Å². The van der Waals surface area contributed by atoms with Crippen LogP contribution in [-0.2, 0) is 6.42 Å². The molecule has 84 valence electrons. The van der Waals surface area contributed by atoms with Crippen LogP contribution in [0.1, 0.15) is 12.5 Å². The Morgan fingerprint density at radius 2 is 2.27 bits per heavy atom. The van der Waals surface area contributed by atoms with E-state index in [1.807, 2.05) is 6.92 Å². The van der Waals surface area contributed by atoms with Crippen LogP contribution in [0.25, 0.3) is 0 Å². The van der Waals surface area contributed by atoms with Gasteiger partial charge in [0.05, 0.1) is 11.6 Å². The van der Waals surface area contributed by atoms with Crippen molar-refractivity contribution in [3.05, 3.63) is 21.9 Å². The fourth-order valence-corrected chi connectivity index (χ4v) is 1.81. The molecule has 5 heteroatoms. The third kappa shape index (κ3) is 2.60. The Kier molecular flexibility index (Phi) is 3.93. The Hall–Kier alpha value is -0.810. The quantitative estimate of drug-likeness (QED) is 0.891. The van der Waals surface area contributed by atoms with Crippen LogP contribution in [0, 0.1) is 5.82 Å². The first-order valence-corrected chi connectivity index (χ1v) is 5.26. The van der Waals surface area contributed by atoms with E-state index in [1.165, 1.54) is 7.11 Å². The van der Waals surface area contributed by atoms with Gasteiger partial charge in [0, 0.05) is 11.6 Å². The second-order valence-corrected chi connectivity index (χ2v) is 4.25. The Bertz CT molecular complexity index is 369. The van der Waals surface area contributed by atoms with Gasteiger partial charge < -0.3 is 15.6 Å². The normalized spacial score (nSPS) is 12.6. The summed E-state index contributed by atoms with van der Waals surface area (Å²) in [5.74, 6) is -1.16. The number of phenols is 1. The summed E-state index contributed by atoms with van der Waals surface area (Å²) >= 11 is 3.06. The molecule has 1 aromatic rings. The first kappa shape index (κ1) is 12.3. The van der Waals surface area contributed by atoms with E-state index in [-0.39, 0.29) is 11.8 Å². The Labute approximate surface area is 96.2 Å². The minimum absolute atomic E-state index is 0.0491. The zero-order valence-corrected chi connectivity index (χ0v) is 10.1. The second kappa shape index (κ2) is 4.81. The van der Waals surface area contributed by atoms with Crippen molar-refractivity contribution in [2.24, 2.45) is 5.73 Å². The molecule has 0 heterocycles. The lowest BCUT2D eigenvalue weighted by Gasteiger charge is -2.13. The Balaban J connectivity index is 3.25. The summed E-state index contributed by atoms with van der Waals surface area (Å²) < 4.78 is 18.7. The number of benzene rings is 1. The molecule has 0 fully saturated rings. The van der Waals surface area contributed by atoms with E-state index in [2.05, 4.69) is 15.9 Å². The van der Waals surface area contributed by atoms with E-state index in [1.54, 1.807) is 6.07 Å². The molecule has 0 saturated heterocycles. The number of methoxy groups -OCH3 is 1. The fraction of sp³-hybridized carbons (Fsp3) is 0.400. The van der Waals surface area contributed by atoms with E-state index in [9.17, 15) is 9.50 Å². The molecule has 0 bridgehead atoms. The Morgan fingerprint density at radius 1 is 1.67 bits per heavy atom. The highest BCUT2D eigenvalue weighted by Gasteiger charge is 2.17. The number of hydrogen-bond acceptors (Lipinski definition) is 3. The molecular formula is C10H13BrFNO2. The molecule has 0 amide bonds. The molecule has 1 rings (SSSR count). The van der Waals surface area contributed by atoms with E-state index >= 15 is 0 Å². The van der Waals surface area contributed by atoms with Gasteiger partial charge in [-0.25, -0.2) is 0 Å². The molecular weight excluding hydrogens is 265 g/mol. The molecule has 1 unspecified atom stereocenters. The maximum atomic E-state index is 13.5. The van der Waals surface area contributed by atoms with Crippen LogP contribution in [0.2, 0.25) is 0 Å². The van der Waals surface area contributed by atoms with Gasteiger partial charge in [0.25, 0.3) is 0 Å². The summed E-state index contributed by atoms with van der Waals surface area (Å²) in [6.45, 7) is 1.82. The number of nitrogens with two attached hydrogens (primary N) is 1. The van der Waals surface area contributed by atoms with Crippen molar-refractivity contribution in [3.8, 4) is 11.5 Å². The highest BCUT2D eigenvalue weighted by Crippen LogP contribution is 2.36. The summed E-state index contributed by atoms with van der Waals surface area (Å²) in [6.07, 6.45) is 0.485. The van der Waals surface area contributed by atoms with Crippen LogP contribution in [-0.4, -0.2) is 18.3 Å². The predicted octanol–water partition coefficient (Wildman–Crippen LogP) is 2.19. The highest BCUT2D eigenvalue weighted by molar-refractivity contribution is 9.10. The van der Waals surface area contributed by atoms with Crippen molar-refractivity contribution in [2.75, 3.05) is 7.11 Å². The number of halogens is 2. The molecule has 0 aromatic heterocycles. The molecule has 0 spiro atoms. The van der Waals surface area contributed by atoms with Gasteiger partial charge in [0.2, 0.25) is 5.82 Å². The third-order valence-electron chi connectivity index (χ3n) is 1.97. The minimum atomic E-state index is -0.762. The van der Waals surface area contributed by atoms with Gasteiger partial charge in [-0.2, -0.15) is 4.39 Å². The van der Waals surface area contributed by atoms with Crippen molar-refractivity contribution in [3.63, 3.8) is 0 Å². The van der Waals surface area contributed by atoms with E-state index in [4.69, 9.17) is 10.5 Å². The molecule has 3 nitrogen and oxygen atoms in total. The molecule has 0 aliphatic heterocycles. The van der Waals surface area contributed by atoms with Crippen molar-refractivity contribution in [1.82, 2.24) is 0 Å². The average Bonchev–Trinajstić information content (AvgIpc) is 2.14. The third-order valence-corrected chi connectivity index (χ3v) is 2.58. The summed E-state index contributed by atoms with van der Waals surface area (Å²) in [7, 11) is 1.36. The lowest BCUT2D eigenvalue weighted by atomic mass is 10.1. The van der Waals surface area contributed by atoms with Gasteiger partial charge in [-0.05, 0) is 35.3 Å². The van der Waals surface area contributed by atoms with Crippen molar-refractivity contribution < 1.29 is 14.2 Å². The van der Waals surface area contributed by atoms with Crippen LogP contribution < -0.4 is 10.5 Å². The molecule has 1 aromatic carbocycles. The van der Waals surface area contributed by atoms with Gasteiger partial charge in [-0.3, -0.25) is 0 Å². The van der Waals surface area contributed by atoms with Gasteiger partial charge in [0.15, 0.2) is 11.5 Å². The van der Waals surface area contributed by atoms with Gasteiger partial charge in [0.1, 0.15) is 0 Å². The lowest BCUT2D eigenvalue weighted by molar-refractivity contribution is 0.358. The molecule has 0 aliphatic carbocycles. The summed E-state index contributed by atoms with van der Waals surface area (Å²) in [5, 5.41) is 9.34. The minimum Gasteiger partial charge on any atom is -0.504 e. The topological polar surface area (TPSA) is 55.5 Å². The molecule has 3 N–H and O–H groups in total. The number of ether oxygens (including phenoxy) is 1. The van der Waals surface area contributed by atoms with Crippen LogP contribution in [0.4, 0.5) is 4.39 Å². The van der Waals surface area contributed by atoms with Gasteiger partial charge in [-0.15, -0.1) is 0 Å². The van der Waals surface area contributed by atoms with E-state index in [0.29, 0.717) is 16.5 Å². The van der Waals surface area contributed by atoms with Crippen molar-refractivity contribution in [2.45, 2.75) is 19.4 Å². The zero-order valence-electron chi connectivity index (χ0n) is 8.55. The van der Waals surface area contributed by atoms with Crippen molar-refractivity contribution in [1.29, 1.82) is 0 Å². The average molecular weight is 278 g/mol. The van der Waals surface area contributed by atoms with E-state index < -0.39 is 11.6 Å². The van der Waals surface area contributed by atoms with Gasteiger partial charge in [-0.1, -0.05) is 0 Å². The SMILES string of the molecule is COc1c(CC(C)N)cc(Br)c(O)c1F. The summed E-state index contributed by atoms with van der Waals surface area (Å²) in [5.41, 5.74) is 6.26. The first-order chi connectivity index (χ1) is 6.97. The fourth-order valence-electron chi connectivity index (χ4n) is 1.36. The summed E-state index contributed by atoms with van der Waals surface area (Å²) in [4.78, 5) is 0. The van der Waals surface area contributed by atoms with Crippen LogP contribution >= 0.6 is 15.9 Å². The Morgan fingerprint density at radius 3 is 2.73 bits per heavy atom. The van der Waals surface area contributed by atoms with Crippen LogP contribution in [0.3, 0.4) is 0 Å². The highest BCUT2D eigenvalue weighted by atomic mass is 79.9. The molecule has 0 aliphatic rings. The monoisotopic (exact) mass is 277 g/mol. The standard InChI is InChI=1S/C10H13BrFNO2/c1-5(13)3-6-4-7(11)9(14)8(12)10(6)15-2/h4-5,14H,3,13H2,1-2H3.